The molecule has 0 saturated heterocycles. The van der Waals surface area contributed by atoms with E-state index in [9.17, 15) is 13.6 Å². The smallest absolute Gasteiger partial charge is 0.169 e. The molecule has 0 aliphatic heterocycles. The van der Waals surface area contributed by atoms with Crippen molar-refractivity contribution < 1.29 is 18.3 Å². The molecule has 2 nitrogen and oxygen atoms in total. The van der Waals surface area contributed by atoms with Gasteiger partial charge >= 0.3 is 0 Å². The van der Waals surface area contributed by atoms with Gasteiger partial charge in [0.2, 0.25) is 0 Å². The van der Waals surface area contributed by atoms with Crippen LogP contribution in [0.15, 0.2) is 0 Å². The summed E-state index contributed by atoms with van der Waals surface area (Å²) < 4.78 is 32.3. The van der Waals surface area contributed by atoms with Gasteiger partial charge in [0.25, 0.3) is 0 Å². The molecule has 1 rings (SSSR count). The maximum Gasteiger partial charge on any atom is 0.169 e. The third-order valence-corrected chi connectivity index (χ3v) is 2.58. The van der Waals surface area contributed by atoms with E-state index in [0.717, 1.165) is 0 Å². The number of ketones is 1. The standard InChI is InChI=1S/C12H14F2O2/c1-5-8(15)9-11(14)6(2)10(13)7(3)12(9)16-4/h5H2,1-4H3. The summed E-state index contributed by atoms with van der Waals surface area (Å²) in [6, 6.07) is 0. The highest BCUT2D eigenvalue weighted by atomic mass is 19.1. The molecule has 0 atom stereocenters. The Morgan fingerprint density at radius 1 is 1.19 bits per heavy atom. The molecule has 0 bridgehead atoms. The van der Waals surface area contributed by atoms with Crippen LogP contribution in [-0.2, 0) is 0 Å². The molecule has 0 amide bonds. The van der Waals surface area contributed by atoms with Gasteiger partial charge < -0.3 is 4.74 Å². The number of methoxy groups -OCH3 is 1. The van der Waals surface area contributed by atoms with Gasteiger partial charge in [-0.25, -0.2) is 8.78 Å². The molecular weight excluding hydrogens is 214 g/mol. The first-order valence-corrected chi connectivity index (χ1v) is 5.01. The number of hydrogen-bond donors (Lipinski definition) is 0. The maximum atomic E-state index is 13.8. The molecule has 0 heterocycles. The average molecular weight is 228 g/mol. The van der Waals surface area contributed by atoms with E-state index < -0.39 is 11.6 Å². The van der Waals surface area contributed by atoms with Crippen LogP contribution in [0, 0.1) is 25.5 Å². The van der Waals surface area contributed by atoms with Crippen molar-refractivity contribution in [2.75, 3.05) is 7.11 Å². The minimum absolute atomic E-state index is 0.00699. The molecule has 0 spiro atoms. The Labute approximate surface area is 93.2 Å². The third-order valence-electron chi connectivity index (χ3n) is 2.58. The Morgan fingerprint density at radius 2 is 1.75 bits per heavy atom. The van der Waals surface area contributed by atoms with Crippen LogP contribution in [0.4, 0.5) is 8.78 Å². The van der Waals surface area contributed by atoms with Crippen LogP contribution in [0.25, 0.3) is 0 Å². The summed E-state index contributed by atoms with van der Waals surface area (Å²) in [5.74, 6) is -1.89. The van der Waals surface area contributed by atoms with Crippen molar-refractivity contribution in [3.8, 4) is 5.75 Å². The second kappa shape index (κ2) is 4.60. The highest BCUT2D eigenvalue weighted by molar-refractivity contribution is 5.99. The molecule has 0 N–H and O–H groups in total. The monoisotopic (exact) mass is 228 g/mol. The lowest BCUT2D eigenvalue weighted by molar-refractivity contribution is 0.0980. The minimum atomic E-state index is -0.827. The van der Waals surface area contributed by atoms with E-state index >= 15 is 0 Å². The van der Waals surface area contributed by atoms with Gasteiger partial charge in [0.15, 0.2) is 5.78 Å². The van der Waals surface area contributed by atoms with Gasteiger partial charge in [-0.3, -0.25) is 4.79 Å². The molecule has 0 aliphatic rings. The molecule has 0 aromatic heterocycles. The minimum Gasteiger partial charge on any atom is -0.495 e. The zero-order valence-electron chi connectivity index (χ0n) is 9.78. The number of hydrogen-bond acceptors (Lipinski definition) is 2. The molecule has 1 aromatic carbocycles. The summed E-state index contributed by atoms with van der Waals surface area (Å²) in [5.41, 5.74) is -0.130. The fraction of sp³-hybridized carbons (Fsp3) is 0.417. The van der Waals surface area contributed by atoms with E-state index in [0.29, 0.717) is 0 Å². The molecule has 0 fully saturated rings. The molecule has 4 heteroatoms. The van der Waals surface area contributed by atoms with E-state index in [4.69, 9.17) is 4.74 Å². The Balaban J connectivity index is 3.64. The van der Waals surface area contributed by atoms with Crippen molar-refractivity contribution in [2.45, 2.75) is 27.2 Å². The van der Waals surface area contributed by atoms with Crippen LogP contribution < -0.4 is 4.74 Å². The summed E-state index contributed by atoms with van der Waals surface area (Å²) in [7, 11) is 1.29. The van der Waals surface area contributed by atoms with Crippen molar-refractivity contribution in [3.05, 3.63) is 28.3 Å². The first-order valence-electron chi connectivity index (χ1n) is 5.01. The van der Waals surface area contributed by atoms with Crippen molar-refractivity contribution >= 4 is 5.78 Å². The summed E-state index contributed by atoms with van der Waals surface area (Å²) in [6.45, 7) is 4.39. The molecule has 0 saturated carbocycles. The van der Waals surface area contributed by atoms with Crippen molar-refractivity contribution in [3.63, 3.8) is 0 Å². The summed E-state index contributed by atoms with van der Waals surface area (Å²) >= 11 is 0. The van der Waals surface area contributed by atoms with Crippen molar-refractivity contribution in [1.29, 1.82) is 0 Å². The first kappa shape index (κ1) is 12.6. The first-order chi connectivity index (χ1) is 7.45. The van der Waals surface area contributed by atoms with Crippen LogP contribution in [0.3, 0.4) is 0 Å². The lowest BCUT2D eigenvalue weighted by Gasteiger charge is -2.14. The van der Waals surface area contributed by atoms with Gasteiger partial charge in [-0.15, -0.1) is 0 Å². The van der Waals surface area contributed by atoms with Gasteiger partial charge in [0.05, 0.1) is 12.7 Å². The lowest BCUT2D eigenvalue weighted by Crippen LogP contribution is -2.09. The Kier molecular flexibility index (Phi) is 3.62. The number of ether oxygens (including phenoxy) is 1. The predicted octanol–water partition coefficient (Wildman–Crippen LogP) is 3.18. The van der Waals surface area contributed by atoms with Gasteiger partial charge in [-0.1, -0.05) is 6.92 Å². The second-order valence-corrected chi connectivity index (χ2v) is 3.56. The average Bonchev–Trinajstić information content (AvgIpc) is 2.29. The lowest BCUT2D eigenvalue weighted by atomic mass is 9.99. The van der Waals surface area contributed by atoms with E-state index in [-0.39, 0.29) is 34.6 Å². The van der Waals surface area contributed by atoms with E-state index in [1.165, 1.54) is 21.0 Å². The molecule has 1 aromatic rings. The van der Waals surface area contributed by atoms with E-state index in [1.807, 2.05) is 0 Å². The largest absolute Gasteiger partial charge is 0.495 e. The molecule has 0 radical (unpaired) electrons. The maximum absolute atomic E-state index is 13.8. The molecule has 88 valence electrons. The number of halogens is 2. The topological polar surface area (TPSA) is 26.3 Å². The highest BCUT2D eigenvalue weighted by Gasteiger charge is 2.24. The van der Waals surface area contributed by atoms with Crippen molar-refractivity contribution in [2.24, 2.45) is 0 Å². The van der Waals surface area contributed by atoms with Crippen LogP contribution in [0.5, 0.6) is 5.75 Å². The van der Waals surface area contributed by atoms with Crippen LogP contribution >= 0.6 is 0 Å². The van der Waals surface area contributed by atoms with Crippen LogP contribution in [-0.4, -0.2) is 12.9 Å². The number of carbonyl (C=O) groups excluding carboxylic acids is 1. The molecule has 16 heavy (non-hydrogen) atoms. The molecular formula is C12H14F2O2. The number of rotatable bonds is 3. The van der Waals surface area contributed by atoms with E-state index in [2.05, 4.69) is 0 Å². The van der Waals surface area contributed by atoms with Crippen LogP contribution in [0.2, 0.25) is 0 Å². The second-order valence-electron chi connectivity index (χ2n) is 3.56. The van der Waals surface area contributed by atoms with Gasteiger partial charge in [0, 0.05) is 17.5 Å². The zero-order valence-corrected chi connectivity index (χ0v) is 9.78. The number of carbonyl (C=O) groups is 1. The summed E-state index contributed by atoms with van der Waals surface area (Å²) in [4.78, 5) is 11.6. The SMILES string of the molecule is CCC(=O)c1c(F)c(C)c(F)c(C)c1OC. The van der Waals surface area contributed by atoms with Gasteiger partial charge in [0.1, 0.15) is 17.4 Å². The third kappa shape index (κ3) is 1.79. The summed E-state index contributed by atoms with van der Waals surface area (Å²) in [6.07, 6.45) is 0.151. The molecule has 0 unspecified atom stereocenters. The van der Waals surface area contributed by atoms with E-state index in [1.54, 1.807) is 6.92 Å². The number of Topliss-reactive ketones (excluding diaryl/α,β-unsaturated/α-hetero) is 1. The zero-order chi connectivity index (χ0) is 12.5. The fourth-order valence-corrected chi connectivity index (χ4v) is 1.63. The van der Waals surface area contributed by atoms with Crippen LogP contribution in [0.1, 0.15) is 34.8 Å². The molecule has 0 aliphatic carbocycles. The predicted molar refractivity (Wildman–Crippen MR) is 57.0 cm³/mol. The van der Waals surface area contributed by atoms with Gasteiger partial charge in [-0.2, -0.15) is 0 Å². The quantitative estimate of drug-likeness (QED) is 0.743. The summed E-state index contributed by atoms with van der Waals surface area (Å²) in [5, 5.41) is 0. The Bertz CT molecular complexity index is 439. The number of benzene rings is 1. The fourth-order valence-electron chi connectivity index (χ4n) is 1.63. The van der Waals surface area contributed by atoms with Crippen molar-refractivity contribution in [1.82, 2.24) is 0 Å². The Hall–Kier alpha value is -1.45. The highest BCUT2D eigenvalue weighted by Crippen LogP contribution is 2.32. The van der Waals surface area contributed by atoms with Gasteiger partial charge in [-0.05, 0) is 13.8 Å². The normalized spacial score (nSPS) is 10.4. The Morgan fingerprint density at radius 3 is 2.19 bits per heavy atom.